The summed E-state index contributed by atoms with van der Waals surface area (Å²) in [5, 5.41) is 2.77. The number of imidazole rings is 1. The zero-order valence-corrected chi connectivity index (χ0v) is 13.5. The number of benzene rings is 2. The number of carbonyl (C=O) groups is 1. The third-order valence-corrected chi connectivity index (χ3v) is 3.60. The van der Waals surface area contributed by atoms with Crippen molar-refractivity contribution in [3.63, 3.8) is 0 Å². The number of amides is 1. The van der Waals surface area contributed by atoms with Gasteiger partial charge in [-0.2, -0.15) is 0 Å². The second kappa shape index (κ2) is 6.70. The fraction of sp³-hybridized carbons (Fsp3) is 0.222. The molecule has 0 unspecified atom stereocenters. The minimum atomic E-state index is -0.346. The fourth-order valence-corrected chi connectivity index (χ4v) is 2.40. The molecule has 5 nitrogen and oxygen atoms in total. The molecule has 6 heteroatoms. The number of anilines is 1. The van der Waals surface area contributed by atoms with Gasteiger partial charge in [-0.25, -0.2) is 9.37 Å². The highest BCUT2D eigenvalue weighted by atomic mass is 19.1. The molecule has 0 aliphatic heterocycles. The summed E-state index contributed by atoms with van der Waals surface area (Å²) in [5.41, 5.74) is 2.50. The van der Waals surface area contributed by atoms with Crippen molar-refractivity contribution in [3.8, 4) is 5.75 Å². The average molecular weight is 327 g/mol. The number of hydrogen-bond donors (Lipinski definition) is 1. The Kier molecular flexibility index (Phi) is 4.46. The Labute approximate surface area is 139 Å². The zero-order chi connectivity index (χ0) is 17.1. The third kappa shape index (κ3) is 3.53. The largest absolute Gasteiger partial charge is 0.484 e. The lowest BCUT2D eigenvalue weighted by molar-refractivity contribution is -0.118. The van der Waals surface area contributed by atoms with E-state index in [1.165, 1.54) is 24.3 Å². The van der Waals surface area contributed by atoms with Crippen LogP contribution in [0.3, 0.4) is 0 Å². The van der Waals surface area contributed by atoms with Crippen molar-refractivity contribution >= 4 is 22.6 Å². The monoisotopic (exact) mass is 327 g/mol. The molecule has 0 saturated heterocycles. The first kappa shape index (κ1) is 16.0. The van der Waals surface area contributed by atoms with E-state index in [1.54, 1.807) is 6.33 Å². The Morgan fingerprint density at radius 1 is 1.25 bits per heavy atom. The van der Waals surface area contributed by atoms with Crippen LogP contribution in [0.2, 0.25) is 0 Å². The first-order valence-corrected chi connectivity index (χ1v) is 7.68. The van der Waals surface area contributed by atoms with E-state index >= 15 is 0 Å². The van der Waals surface area contributed by atoms with Crippen molar-refractivity contribution in [3.05, 3.63) is 54.6 Å². The van der Waals surface area contributed by atoms with Crippen LogP contribution in [-0.4, -0.2) is 22.1 Å². The van der Waals surface area contributed by atoms with Crippen molar-refractivity contribution in [2.24, 2.45) is 0 Å². The van der Waals surface area contributed by atoms with Crippen LogP contribution in [0.1, 0.15) is 19.9 Å². The van der Waals surface area contributed by atoms with Crippen molar-refractivity contribution in [1.29, 1.82) is 0 Å². The van der Waals surface area contributed by atoms with Crippen LogP contribution in [0.4, 0.5) is 10.1 Å². The van der Waals surface area contributed by atoms with Crippen molar-refractivity contribution in [2.45, 2.75) is 19.9 Å². The number of halogens is 1. The zero-order valence-electron chi connectivity index (χ0n) is 13.5. The number of nitrogens with one attached hydrogen (secondary N) is 1. The minimum Gasteiger partial charge on any atom is -0.484 e. The molecule has 1 N–H and O–H groups in total. The van der Waals surface area contributed by atoms with Gasteiger partial charge < -0.3 is 14.6 Å². The van der Waals surface area contributed by atoms with Gasteiger partial charge in [-0.15, -0.1) is 0 Å². The van der Waals surface area contributed by atoms with E-state index < -0.39 is 0 Å². The first-order chi connectivity index (χ1) is 11.5. The number of fused-ring (bicyclic) bond motifs is 1. The van der Waals surface area contributed by atoms with Gasteiger partial charge in [-0.3, -0.25) is 4.79 Å². The lowest BCUT2D eigenvalue weighted by Gasteiger charge is -2.09. The van der Waals surface area contributed by atoms with Crippen LogP contribution in [0, 0.1) is 5.82 Å². The highest BCUT2D eigenvalue weighted by Crippen LogP contribution is 2.21. The van der Waals surface area contributed by atoms with Crippen LogP contribution in [-0.2, 0) is 4.79 Å². The molecule has 1 amide bonds. The number of rotatable bonds is 5. The smallest absolute Gasteiger partial charge is 0.262 e. The van der Waals surface area contributed by atoms with Gasteiger partial charge in [-0.05, 0) is 56.3 Å². The number of nitrogens with zero attached hydrogens (tertiary/aromatic N) is 2. The van der Waals surface area contributed by atoms with Gasteiger partial charge in [-0.1, -0.05) is 0 Å². The molecule has 0 fully saturated rings. The molecular formula is C18H18FN3O2. The molecule has 2 aromatic carbocycles. The highest BCUT2D eigenvalue weighted by molar-refractivity contribution is 5.94. The maximum atomic E-state index is 12.8. The van der Waals surface area contributed by atoms with E-state index in [0.717, 1.165) is 11.0 Å². The molecule has 124 valence electrons. The second-order valence-electron chi connectivity index (χ2n) is 5.74. The van der Waals surface area contributed by atoms with Crippen LogP contribution < -0.4 is 10.1 Å². The summed E-state index contributed by atoms with van der Waals surface area (Å²) in [5.74, 6) is -0.194. The van der Waals surface area contributed by atoms with Gasteiger partial charge in [0.1, 0.15) is 11.6 Å². The van der Waals surface area contributed by atoms with E-state index in [9.17, 15) is 9.18 Å². The predicted octanol–water partition coefficient (Wildman–Crippen LogP) is 3.77. The van der Waals surface area contributed by atoms with Gasteiger partial charge in [0.2, 0.25) is 0 Å². The van der Waals surface area contributed by atoms with Gasteiger partial charge in [0.15, 0.2) is 6.61 Å². The van der Waals surface area contributed by atoms with E-state index in [0.29, 0.717) is 17.5 Å². The SMILES string of the molecule is CC(C)n1cnc2cc(NC(=O)COc3ccc(F)cc3)ccc21. The maximum absolute atomic E-state index is 12.8. The van der Waals surface area contributed by atoms with Crippen LogP contribution in [0.25, 0.3) is 11.0 Å². The van der Waals surface area contributed by atoms with E-state index in [2.05, 4.69) is 28.7 Å². The number of carbonyl (C=O) groups excluding carboxylic acids is 1. The summed E-state index contributed by atoms with van der Waals surface area (Å²) in [6, 6.07) is 11.4. The summed E-state index contributed by atoms with van der Waals surface area (Å²) in [7, 11) is 0. The molecule has 24 heavy (non-hydrogen) atoms. The van der Waals surface area contributed by atoms with Crippen molar-refractivity contribution < 1.29 is 13.9 Å². The molecule has 0 aliphatic carbocycles. The number of aromatic nitrogens is 2. The van der Waals surface area contributed by atoms with Gasteiger partial charge in [0, 0.05) is 11.7 Å². The normalized spacial score (nSPS) is 11.0. The van der Waals surface area contributed by atoms with E-state index in [1.807, 2.05) is 18.2 Å². The van der Waals surface area contributed by atoms with E-state index in [4.69, 9.17) is 4.74 Å². The summed E-state index contributed by atoms with van der Waals surface area (Å²) < 4.78 is 20.2. The molecule has 0 bridgehead atoms. The van der Waals surface area contributed by atoms with Crippen LogP contribution in [0.5, 0.6) is 5.75 Å². The molecule has 0 saturated carbocycles. The first-order valence-electron chi connectivity index (χ1n) is 7.68. The predicted molar refractivity (Wildman–Crippen MR) is 90.6 cm³/mol. The Bertz CT molecular complexity index is 856. The molecule has 3 aromatic rings. The lowest BCUT2D eigenvalue weighted by atomic mass is 10.2. The topological polar surface area (TPSA) is 56.2 Å². The molecule has 3 rings (SSSR count). The number of hydrogen-bond acceptors (Lipinski definition) is 3. The van der Waals surface area contributed by atoms with Crippen molar-refractivity contribution in [2.75, 3.05) is 11.9 Å². The summed E-state index contributed by atoms with van der Waals surface area (Å²) in [4.78, 5) is 16.3. The van der Waals surface area contributed by atoms with Crippen LogP contribution >= 0.6 is 0 Å². The highest BCUT2D eigenvalue weighted by Gasteiger charge is 2.08. The Morgan fingerprint density at radius 2 is 2.00 bits per heavy atom. The molecule has 0 atom stereocenters. The van der Waals surface area contributed by atoms with Crippen molar-refractivity contribution in [1.82, 2.24) is 9.55 Å². The Morgan fingerprint density at radius 3 is 2.71 bits per heavy atom. The summed E-state index contributed by atoms with van der Waals surface area (Å²) >= 11 is 0. The number of ether oxygens (including phenoxy) is 1. The Hall–Kier alpha value is -2.89. The summed E-state index contributed by atoms with van der Waals surface area (Å²) in [6.45, 7) is 4.03. The third-order valence-electron chi connectivity index (χ3n) is 3.60. The average Bonchev–Trinajstić information content (AvgIpc) is 2.97. The minimum absolute atomic E-state index is 0.149. The Balaban J connectivity index is 1.63. The molecule has 1 heterocycles. The molecule has 0 aliphatic rings. The van der Waals surface area contributed by atoms with E-state index in [-0.39, 0.29) is 18.3 Å². The van der Waals surface area contributed by atoms with Gasteiger partial charge >= 0.3 is 0 Å². The van der Waals surface area contributed by atoms with Gasteiger partial charge in [0.05, 0.1) is 17.4 Å². The molecular weight excluding hydrogens is 309 g/mol. The second-order valence-corrected chi connectivity index (χ2v) is 5.74. The standard InChI is InChI=1S/C18H18FN3O2/c1-12(2)22-11-20-16-9-14(5-8-17(16)22)21-18(23)10-24-15-6-3-13(19)4-7-15/h3-9,11-12H,10H2,1-2H3,(H,21,23). The molecule has 1 aromatic heterocycles. The fourth-order valence-electron chi connectivity index (χ4n) is 2.40. The summed E-state index contributed by atoms with van der Waals surface area (Å²) in [6.07, 6.45) is 1.79. The molecule has 0 radical (unpaired) electrons. The quantitative estimate of drug-likeness (QED) is 0.776. The molecule has 0 spiro atoms. The van der Waals surface area contributed by atoms with Crippen LogP contribution in [0.15, 0.2) is 48.8 Å². The lowest BCUT2D eigenvalue weighted by Crippen LogP contribution is -2.20. The maximum Gasteiger partial charge on any atom is 0.262 e. The van der Waals surface area contributed by atoms with Gasteiger partial charge in [0.25, 0.3) is 5.91 Å².